The number of ether oxygens (including phenoxy) is 1. The number of aromatic nitrogens is 2. The van der Waals surface area contributed by atoms with Gasteiger partial charge in [0.2, 0.25) is 5.95 Å². The molecule has 2 aromatic rings. The average molecular weight is 436 g/mol. The highest BCUT2D eigenvalue weighted by molar-refractivity contribution is 7.90. The number of halogens is 1. The highest BCUT2D eigenvalue weighted by Gasteiger charge is 2.39. The fourth-order valence-corrected chi connectivity index (χ4v) is 4.78. The SMILES string of the molecule is CS(=O)(=O)c1ccc(OCC2CC2CC2CCN(c3ncc(Cl)cn3)CC2)cc1. The van der Waals surface area contributed by atoms with Crippen LogP contribution in [0, 0.1) is 17.8 Å². The lowest BCUT2D eigenvalue weighted by atomic mass is 9.91. The molecule has 2 atom stereocenters. The van der Waals surface area contributed by atoms with Crippen LogP contribution in [0.1, 0.15) is 25.7 Å². The third kappa shape index (κ3) is 5.39. The van der Waals surface area contributed by atoms with Gasteiger partial charge in [-0.25, -0.2) is 18.4 Å². The normalized spacial score (nSPS) is 22.5. The third-order valence-electron chi connectivity index (χ3n) is 5.93. The minimum atomic E-state index is -3.16. The molecule has 0 bridgehead atoms. The number of anilines is 1. The summed E-state index contributed by atoms with van der Waals surface area (Å²) in [7, 11) is -3.16. The second-order valence-electron chi connectivity index (χ2n) is 8.18. The molecule has 1 saturated carbocycles. The van der Waals surface area contributed by atoms with Gasteiger partial charge in [0.1, 0.15) is 5.75 Å². The summed E-state index contributed by atoms with van der Waals surface area (Å²) in [6.45, 7) is 2.69. The van der Waals surface area contributed by atoms with E-state index < -0.39 is 9.84 Å². The molecule has 2 heterocycles. The summed E-state index contributed by atoms with van der Waals surface area (Å²) in [5, 5.41) is 0.567. The van der Waals surface area contributed by atoms with E-state index in [1.54, 1.807) is 36.7 Å². The summed E-state index contributed by atoms with van der Waals surface area (Å²) >= 11 is 5.86. The van der Waals surface area contributed by atoms with Crippen LogP contribution in [0.5, 0.6) is 5.75 Å². The molecule has 0 N–H and O–H groups in total. The van der Waals surface area contributed by atoms with E-state index in [0.29, 0.717) is 22.4 Å². The Balaban J connectivity index is 1.18. The van der Waals surface area contributed by atoms with Crippen molar-refractivity contribution in [1.29, 1.82) is 0 Å². The molecule has 0 spiro atoms. The molecular formula is C21H26ClN3O3S. The van der Waals surface area contributed by atoms with Crippen LogP contribution in [0.15, 0.2) is 41.6 Å². The fourth-order valence-electron chi connectivity index (χ4n) is 4.06. The molecule has 2 aliphatic rings. The summed E-state index contributed by atoms with van der Waals surface area (Å²) in [5.41, 5.74) is 0. The van der Waals surface area contributed by atoms with Crippen molar-refractivity contribution in [2.45, 2.75) is 30.6 Å². The van der Waals surface area contributed by atoms with Crippen LogP contribution in [0.2, 0.25) is 5.02 Å². The van der Waals surface area contributed by atoms with Crippen molar-refractivity contribution in [2.24, 2.45) is 17.8 Å². The van der Waals surface area contributed by atoms with E-state index in [0.717, 1.165) is 36.6 Å². The third-order valence-corrected chi connectivity index (χ3v) is 7.25. The molecule has 1 aliphatic heterocycles. The number of rotatable bonds is 7. The highest BCUT2D eigenvalue weighted by Crippen LogP contribution is 2.45. The monoisotopic (exact) mass is 435 g/mol. The van der Waals surface area contributed by atoms with Gasteiger partial charge in [0.05, 0.1) is 28.9 Å². The lowest BCUT2D eigenvalue weighted by Gasteiger charge is -2.32. The Morgan fingerprint density at radius 2 is 1.76 bits per heavy atom. The first-order chi connectivity index (χ1) is 13.9. The van der Waals surface area contributed by atoms with Gasteiger partial charge in [0.15, 0.2) is 9.84 Å². The minimum Gasteiger partial charge on any atom is -0.493 e. The minimum absolute atomic E-state index is 0.324. The molecule has 2 unspecified atom stereocenters. The number of nitrogens with zero attached hydrogens (tertiary/aromatic N) is 3. The van der Waals surface area contributed by atoms with Crippen LogP contribution in [0.3, 0.4) is 0 Å². The van der Waals surface area contributed by atoms with Crippen LogP contribution in [0.4, 0.5) is 5.95 Å². The number of piperidine rings is 1. The molecule has 1 aromatic carbocycles. The first kappa shape index (κ1) is 20.4. The van der Waals surface area contributed by atoms with E-state index in [2.05, 4.69) is 14.9 Å². The van der Waals surface area contributed by atoms with Crippen molar-refractivity contribution in [2.75, 3.05) is 30.9 Å². The molecule has 0 radical (unpaired) electrons. The maximum Gasteiger partial charge on any atom is 0.225 e. The van der Waals surface area contributed by atoms with Crippen LogP contribution >= 0.6 is 11.6 Å². The predicted molar refractivity (Wildman–Crippen MR) is 113 cm³/mol. The van der Waals surface area contributed by atoms with Gasteiger partial charge in [0.25, 0.3) is 0 Å². The van der Waals surface area contributed by atoms with Crippen molar-refractivity contribution in [3.05, 3.63) is 41.7 Å². The number of hydrogen-bond donors (Lipinski definition) is 0. The number of hydrogen-bond acceptors (Lipinski definition) is 6. The van der Waals surface area contributed by atoms with E-state index in [4.69, 9.17) is 16.3 Å². The van der Waals surface area contributed by atoms with E-state index in [9.17, 15) is 8.42 Å². The molecule has 4 rings (SSSR count). The van der Waals surface area contributed by atoms with Crippen molar-refractivity contribution >= 4 is 27.4 Å². The lowest BCUT2D eigenvalue weighted by Crippen LogP contribution is -2.35. The summed E-state index contributed by atoms with van der Waals surface area (Å²) in [5.74, 6) is 3.62. The lowest BCUT2D eigenvalue weighted by molar-refractivity contribution is 0.279. The summed E-state index contributed by atoms with van der Waals surface area (Å²) in [6.07, 6.45) is 9.34. The fraction of sp³-hybridized carbons (Fsp3) is 0.524. The molecule has 1 saturated heterocycles. The molecular weight excluding hydrogens is 410 g/mol. The van der Waals surface area contributed by atoms with Crippen molar-refractivity contribution in [1.82, 2.24) is 9.97 Å². The molecule has 0 amide bonds. The van der Waals surface area contributed by atoms with Gasteiger partial charge in [0, 0.05) is 19.3 Å². The zero-order valence-electron chi connectivity index (χ0n) is 16.5. The molecule has 1 aliphatic carbocycles. The first-order valence-corrected chi connectivity index (χ1v) is 12.3. The summed E-state index contributed by atoms with van der Waals surface area (Å²) in [6, 6.07) is 6.69. The van der Waals surface area contributed by atoms with Gasteiger partial charge in [-0.2, -0.15) is 0 Å². The van der Waals surface area contributed by atoms with E-state index in [1.807, 2.05) is 0 Å². The van der Waals surface area contributed by atoms with Gasteiger partial charge >= 0.3 is 0 Å². The summed E-state index contributed by atoms with van der Waals surface area (Å²) < 4.78 is 28.9. The molecule has 6 nitrogen and oxygen atoms in total. The Morgan fingerprint density at radius 1 is 1.10 bits per heavy atom. The summed E-state index contributed by atoms with van der Waals surface area (Å²) in [4.78, 5) is 11.2. The quantitative estimate of drug-likeness (QED) is 0.657. The van der Waals surface area contributed by atoms with Crippen molar-refractivity contribution in [3.8, 4) is 5.75 Å². The van der Waals surface area contributed by atoms with Crippen LogP contribution in [-0.4, -0.2) is 44.3 Å². The molecule has 1 aromatic heterocycles. The maximum absolute atomic E-state index is 11.5. The second-order valence-corrected chi connectivity index (χ2v) is 10.6. The average Bonchev–Trinajstić information content (AvgIpc) is 3.45. The first-order valence-electron chi connectivity index (χ1n) is 10.0. The molecule has 2 fully saturated rings. The van der Waals surface area contributed by atoms with Crippen molar-refractivity contribution < 1.29 is 13.2 Å². The molecule has 8 heteroatoms. The van der Waals surface area contributed by atoms with Crippen molar-refractivity contribution in [3.63, 3.8) is 0 Å². The Hall–Kier alpha value is -1.86. The molecule has 156 valence electrons. The van der Waals surface area contributed by atoms with Gasteiger partial charge in [-0.15, -0.1) is 0 Å². The van der Waals surface area contributed by atoms with Gasteiger partial charge in [-0.05, 0) is 67.7 Å². The van der Waals surface area contributed by atoms with Crippen LogP contribution in [0.25, 0.3) is 0 Å². The Morgan fingerprint density at radius 3 is 2.38 bits per heavy atom. The van der Waals surface area contributed by atoms with Crippen LogP contribution in [-0.2, 0) is 9.84 Å². The Labute approximate surface area is 177 Å². The topological polar surface area (TPSA) is 72.4 Å². The van der Waals surface area contributed by atoms with Gasteiger partial charge in [-0.3, -0.25) is 0 Å². The van der Waals surface area contributed by atoms with Crippen LogP contribution < -0.4 is 9.64 Å². The second kappa shape index (κ2) is 8.48. The smallest absolute Gasteiger partial charge is 0.225 e. The highest BCUT2D eigenvalue weighted by atomic mass is 35.5. The van der Waals surface area contributed by atoms with E-state index in [1.165, 1.54) is 31.9 Å². The Bertz CT molecular complexity index is 927. The standard InChI is InChI=1S/C21H26ClN3O3S/c1-29(26,27)20-4-2-19(3-5-20)28-14-17-11-16(17)10-15-6-8-25(9-7-15)21-23-12-18(22)13-24-21/h2-5,12-13,15-17H,6-11,14H2,1H3. The number of benzene rings is 1. The largest absolute Gasteiger partial charge is 0.493 e. The zero-order chi connectivity index (χ0) is 20.4. The maximum atomic E-state index is 11.5. The van der Waals surface area contributed by atoms with Gasteiger partial charge < -0.3 is 9.64 Å². The van der Waals surface area contributed by atoms with E-state index >= 15 is 0 Å². The predicted octanol–water partition coefficient (Wildman–Crippen LogP) is 3.86. The van der Waals surface area contributed by atoms with E-state index in [-0.39, 0.29) is 0 Å². The van der Waals surface area contributed by atoms with Gasteiger partial charge in [-0.1, -0.05) is 11.6 Å². The zero-order valence-corrected chi connectivity index (χ0v) is 18.1. The number of sulfone groups is 1. The molecule has 29 heavy (non-hydrogen) atoms. The Kier molecular flexibility index (Phi) is 5.97.